The van der Waals surface area contributed by atoms with E-state index in [-0.39, 0.29) is 49.5 Å². The van der Waals surface area contributed by atoms with Gasteiger partial charge in [0, 0.05) is 47.6 Å². The summed E-state index contributed by atoms with van der Waals surface area (Å²) in [5, 5.41) is 38.5. The monoisotopic (exact) mass is 1050 g/mol. The van der Waals surface area contributed by atoms with Gasteiger partial charge in [-0.05, 0) is 99.8 Å². The minimum atomic E-state index is -2.36. The molecule has 0 spiro atoms. The second kappa shape index (κ2) is 22.0. The number of benzene rings is 2. The largest absolute Gasteiger partial charge is 0.495 e. The highest BCUT2D eigenvalue weighted by Gasteiger charge is 2.80. The number of aliphatic hydroxyl groups is 2. The smallest absolute Gasteiger partial charge is 0.305 e. The molecule has 2 aromatic carbocycles. The first-order valence-electron chi connectivity index (χ1n) is 25.1. The van der Waals surface area contributed by atoms with Crippen LogP contribution in [-0.4, -0.2) is 136 Å². The number of thioether (sulfide) groups is 1. The van der Waals surface area contributed by atoms with E-state index in [4.69, 9.17) is 14.2 Å². The summed E-state index contributed by atoms with van der Waals surface area (Å²) < 4.78 is 52.6. The van der Waals surface area contributed by atoms with E-state index in [2.05, 4.69) is 16.0 Å². The van der Waals surface area contributed by atoms with E-state index in [9.17, 15) is 48.9 Å². The fraction of sp³-hybridized carbons (Fsp3) is 0.574. The maximum absolute atomic E-state index is 17.8. The highest BCUT2D eigenvalue weighted by molar-refractivity contribution is 8.01. The van der Waals surface area contributed by atoms with Crippen molar-refractivity contribution < 1.29 is 71.9 Å². The number of anilines is 1. The summed E-state index contributed by atoms with van der Waals surface area (Å²) in [4.78, 5) is 90.8. The zero-order chi connectivity index (χ0) is 54.2. The fourth-order valence-corrected chi connectivity index (χ4v) is 13.4. The van der Waals surface area contributed by atoms with Crippen molar-refractivity contribution in [1.29, 1.82) is 0 Å². The molecule has 4 amide bonds. The molecule has 20 heteroatoms. The van der Waals surface area contributed by atoms with Gasteiger partial charge in [-0.1, -0.05) is 57.2 Å². The molecule has 1 saturated heterocycles. The predicted molar refractivity (Wildman–Crippen MR) is 269 cm³/mol. The Morgan fingerprint density at radius 1 is 0.973 bits per heavy atom. The Labute approximate surface area is 433 Å². The Kier molecular flexibility index (Phi) is 16.7. The van der Waals surface area contributed by atoms with E-state index in [0.29, 0.717) is 23.4 Å². The Balaban J connectivity index is 0.947. The Morgan fingerprint density at radius 2 is 1.66 bits per heavy atom. The number of carboxylic acid groups (broad SMARTS) is 1. The average molecular weight is 1050 g/mol. The number of halogens is 2. The number of carboxylic acids is 1. The SMILES string of the molecule is CCC(C)SC(CC(=O)O)C(=O)NCCC(=O)N[C@@H](C)C(=O)N[C@@H](C)C(=O)N(C)c1ccc(Cc2ccc([C@@H]3O[C@@H]4CC5[C@@H]6C[C@H](F)C7=CC(=O)C=C[C@]7(C)[C@@]6(F)[C@@H](O)C[C@]5(C)[C@]4(C(=O)CO)O3)cc2)cc1OC. The molecule has 0 aromatic heterocycles. The second-order valence-corrected chi connectivity index (χ2v) is 22.5. The van der Waals surface area contributed by atoms with Crippen molar-refractivity contribution in [2.45, 2.75) is 145 Å². The first kappa shape index (κ1) is 56.2. The molecule has 5 aliphatic rings. The van der Waals surface area contributed by atoms with Crippen molar-refractivity contribution in [2.75, 3.05) is 32.2 Å². The Hall–Kier alpha value is -5.54. The maximum Gasteiger partial charge on any atom is 0.305 e. The fourth-order valence-electron chi connectivity index (χ4n) is 12.2. The average Bonchev–Trinajstić information content (AvgIpc) is 3.87. The van der Waals surface area contributed by atoms with Crippen molar-refractivity contribution in [3.63, 3.8) is 0 Å². The van der Waals surface area contributed by atoms with Crippen LogP contribution in [0.5, 0.6) is 5.75 Å². The molecular formula is C54H68F2N4O13S. The maximum atomic E-state index is 17.8. The van der Waals surface area contributed by atoms with Crippen molar-refractivity contribution in [2.24, 2.45) is 22.7 Å². The molecule has 14 atom stereocenters. The summed E-state index contributed by atoms with van der Waals surface area (Å²) in [5.74, 6) is -5.72. The van der Waals surface area contributed by atoms with Gasteiger partial charge in [-0.2, -0.15) is 0 Å². The summed E-state index contributed by atoms with van der Waals surface area (Å²) in [6, 6.07) is 10.6. The Morgan fingerprint density at radius 3 is 2.31 bits per heavy atom. The van der Waals surface area contributed by atoms with Crippen LogP contribution in [0, 0.1) is 22.7 Å². The van der Waals surface area contributed by atoms with Gasteiger partial charge in [-0.25, -0.2) is 8.78 Å². The van der Waals surface area contributed by atoms with Gasteiger partial charge in [-0.15, -0.1) is 11.8 Å². The van der Waals surface area contributed by atoms with Crippen LogP contribution in [0.15, 0.2) is 66.3 Å². The molecule has 2 aromatic rings. The number of carbonyl (C=O) groups is 7. The van der Waals surface area contributed by atoms with Crippen LogP contribution in [0.4, 0.5) is 14.5 Å². The quantitative estimate of drug-likeness (QED) is 0.105. The molecule has 402 valence electrons. The molecule has 4 fully saturated rings. The summed E-state index contributed by atoms with van der Waals surface area (Å²) in [5.41, 5.74) is -4.33. The summed E-state index contributed by atoms with van der Waals surface area (Å²) in [6.07, 6.45) is -1.43. The minimum absolute atomic E-state index is 0.00661. The van der Waals surface area contributed by atoms with Crippen LogP contribution >= 0.6 is 11.8 Å². The van der Waals surface area contributed by atoms with Gasteiger partial charge in [0.1, 0.15) is 30.6 Å². The highest BCUT2D eigenvalue weighted by atomic mass is 32.2. The number of fused-ring (bicyclic) bond motifs is 7. The third kappa shape index (κ3) is 10.2. The first-order valence-corrected chi connectivity index (χ1v) is 26.0. The number of Topliss-reactive ketones (excluding diaryl/α,β-unsaturated/α-hetero) is 1. The molecule has 0 radical (unpaired) electrons. The standard InChI is InChI=1S/C54H68F2N4O13S/c1-9-28(2)74-41(25-46(66)67)48(69)57-19-17-45(65)58-29(3)47(68)59-30(4)49(70)60(7)39-15-12-32(21-40(39)71-8)20-31-10-13-33(14-11-31)50-72-44-24-35-36-23-38(55)37-22-34(62)16-18-51(37,5)53(36,56)42(63)26-52(35,6)54(44,73-50)43(64)27-61/h10-16,18,21-22,28-30,35-36,38,41-42,44,50,61,63H,9,17,19-20,23-27H2,1-8H3,(H,57,69)(H,58,65)(H,59,68)(H,66,67)/t28?,29-,30-,35?,36-,38-,41?,42-,44+,50+,51-,52-,53-,54+/m0/s1. The number of ether oxygens (including phenoxy) is 3. The van der Waals surface area contributed by atoms with Gasteiger partial charge in [0.05, 0.1) is 36.7 Å². The molecule has 3 unspecified atom stereocenters. The summed E-state index contributed by atoms with van der Waals surface area (Å²) >= 11 is 1.25. The number of hydrogen-bond donors (Lipinski definition) is 6. The normalized spacial score (nSPS) is 31.2. The molecule has 6 N–H and O–H groups in total. The zero-order valence-electron chi connectivity index (χ0n) is 42.9. The lowest BCUT2D eigenvalue weighted by Crippen LogP contribution is -2.70. The number of nitrogens with zero attached hydrogens (tertiary/aromatic N) is 1. The lowest BCUT2D eigenvalue weighted by molar-refractivity contribution is -0.235. The highest BCUT2D eigenvalue weighted by Crippen LogP contribution is 2.72. The molecule has 1 heterocycles. The molecule has 17 nitrogen and oxygen atoms in total. The molecule has 7 rings (SSSR count). The van der Waals surface area contributed by atoms with E-state index in [1.165, 1.54) is 63.7 Å². The van der Waals surface area contributed by atoms with Gasteiger partial charge in [-0.3, -0.25) is 33.6 Å². The number of hydrogen-bond acceptors (Lipinski definition) is 13. The lowest BCUT2D eigenvalue weighted by Gasteiger charge is -2.63. The summed E-state index contributed by atoms with van der Waals surface area (Å²) in [7, 11) is 3.00. The van der Waals surface area contributed by atoms with Crippen molar-refractivity contribution >= 4 is 58.6 Å². The van der Waals surface area contributed by atoms with Crippen LogP contribution in [0.1, 0.15) is 103 Å². The van der Waals surface area contributed by atoms with E-state index >= 15 is 8.78 Å². The second-order valence-electron chi connectivity index (χ2n) is 20.8. The number of rotatable bonds is 20. The topological polar surface area (TPSA) is 247 Å². The third-order valence-corrected chi connectivity index (χ3v) is 17.8. The van der Waals surface area contributed by atoms with Gasteiger partial charge >= 0.3 is 5.97 Å². The van der Waals surface area contributed by atoms with Gasteiger partial charge in [0.15, 0.2) is 29.1 Å². The zero-order valence-corrected chi connectivity index (χ0v) is 43.8. The number of methoxy groups -OCH3 is 1. The van der Waals surface area contributed by atoms with E-state index in [1.54, 1.807) is 31.2 Å². The number of nitrogens with one attached hydrogen (secondary N) is 3. The summed E-state index contributed by atoms with van der Waals surface area (Å²) in [6.45, 7) is 9.06. The van der Waals surface area contributed by atoms with Gasteiger partial charge < -0.3 is 50.4 Å². The van der Waals surface area contributed by atoms with Gasteiger partial charge in [0.2, 0.25) is 23.6 Å². The van der Waals surface area contributed by atoms with E-state index < -0.39 is 124 Å². The first-order chi connectivity index (χ1) is 34.9. The van der Waals surface area contributed by atoms with Crippen molar-refractivity contribution in [3.05, 3.63) is 83.0 Å². The minimum Gasteiger partial charge on any atom is -0.495 e. The van der Waals surface area contributed by atoms with Crippen LogP contribution in [0.2, 0.25) is 0 Å². The number of amides is 4. The van der Waals surface area contributed by atoms with Crippen LogP contribution in [0.25, 0.3) is 0 Å². The molecule has 0 bridgehead atoms. The molecule has 3 saturated carbocycles. The van der Waals surface area contributed by atoms with E-state index in [1.807, 2.05) is 32.0 Å². The van der Waals surface area contributed by atoms with Crippen LogP contribution in [-0.2, 0) is 49.5 Å². The Bertz CT molecular complexity index is 2600. The molecular weight excluding hydrogens is 983 g/mol. The van der Waals surface area contributed by atoms with Crippen LogP contribution in [0.3, 0.4) is 0 Å². The third-order valence-electron chi connectivity index (χ3n) is 16.3. The number of likely N-dealkylation sites (N-methyl/N-ethyl adjacent to an activating group) is 1. The number of aliphatic hydroxyl groups excluding tert-OH is 2. The molecule has 74 heavy (non-hydrogen) atoms. The molecule has 4 aliphatic carbocycles. The van der Waals surface area contributed by atoms with E-state index in [0.717, 1.165) is 23.6 Å². The van der Waals surface area contributed by atoms with Crippen LogP contribution < -0.4 is 25.6 Å². The number of allylic oxidation sites excluding steroid dienone is 4. The lowest BCUT2D eigenvalue weighted by atomic mass is 9.44. The van der Waals surface area contributed by atoms with Crippen molar-refractivity contribution in [3.8, 4) is 5.75 Å². The molecule has 1 aliphatic heterocycles. The van der Waals surface area contributed by atoms with Crippen molar-refractivity contribution in [1.82, 2.24) is 16.0 Å². The predicted octanol–water partition coefficient (Wildman–Crippen LogP) is 4.78. The number of alkyl halides is 2. The number of ketones is 2. The van der Waals surface area contributed by atoms with Gasteiger partial charge in [0.25, 0.3) is 0 Å². The number of aliphatic carboxylic acids is 1. The number of carbonyl (C=O) groups excluding carboxylic acids is 6.